The summed E-state index contributed by atoms with van der Waals surface area (Å²) in [5.74, 6) is 0.00432. The molecule has 2 aromatic rings. The normalized spacial score (nSPS) is 11.0. The van der Waals surface area contributed by atoms with Gasteiger partial charge in [0.1, 0.15) is 5.75 Å². The van der Waals surface area contributed by atoms with E-state index in [1.807, 2.05) is 0 Å². The maximum Gasteiger partial charge on any atom is 0.416 e. The van der Waals surface area contributed by atoms with Gasteiger partial charge in [-0.05, 0) is 48.5 Å². The molecule has 23 heavy (non-hydrogen) atoms. The maximum atomic E-state index is 12.6. The molecule has 0 heterocycles. The molecule has 0 aliphatic rings. The maximum absolute atomic E-state index is 12.6. The summed E-state index contributed by atoms with van der Waals surface area (Å²) in [5, 5.41) is 1.15. The Kier molecular flexibility index (Phi) is 4.78. The summed E-state index contributed by atoms with van der Waals surface area (Å²) in [6, 6.07) is 10.9. The van der Waals surface area contributed by atoms with Crippen molar-refractivity contribution in [3.05, 3.63) is 54.1 Å². The number of carbonyl (C=O) groups excluding carboxylic acids is 1. The summed E-state index contributed by atoms with van der Waals surface area (Å²) in [7, 11) is 1.51. The zero-order chi connectivity index (χ0) is 17.0. The lowest BCUT2D eigenvalue weighted by atomic mass is 10.2. The largest absolute Gasteiger partial charge is 0.497 e. The number of anilines is 2. The van der Waals surface area contributed by atoms with E-state index in [1.54, 1.807) is 24.3 Å². The van der Waals surface area contributed by atoms with Gasteiger partial charge in [-0.15, -0.1) is 0 Å². The van der Waals surface area contributed by atoms with Gasteiger partial charge in [-0.2, -0.15) is 18.2 Å². The number of hydrogen-bond donors (Lipinski definition) is 0. The second kappa shape index (κ2) is 6.60. The van der Waals surface area contributed by atoms with Crippen LogP contribution in [0.2, 0.25) is 0 Å². The topological polar surface area (TPSA) is 38.8 Å². The van der Waals surface area contributed by atoms with E-state index in [9.17, 15) is 18.0 Å². The Balaban J connectivity index is 2.35. The monoisotopic (exact) mass is 325 g/mol. The predicted molar refractivity (Wildman–Crippen MR) is 78.3 cm³/mol. The van der Waals surface area contributed by atoms with Gasteiger partial charge in [-0.3, -0.25) is 0 Å². The lowest BCUT2D eigenvalue weighted by molar-refractivity contribution is -0.141. The zero-order valence-electron chi connectivity index (χ0n) is 12.4. The van der Waals surface area contributed by atoms with Crippen molar-refractivity contribution in [2.45, 2.75) is 13.1 Å². The van der Waals surface area contributed by atoms with Crippen LogP contribution in [-0.2, 0) is 15.8 Å². The minimum Gasteiger partial charge on any atom is -0.497 e. The molecule has 0 amide bonds. The molecule has 0 atom stereocenters. The number of rotatable bonds is 4. The molecular weight excluding hydrogens is 311 g/mol. The number of hydrogen-bond acceptors (Lipinski definition) is 4. The number of methoxy groups -OCH3 is 1. The molecule has 2 rings (SSSR count). The molecule has 0 N–H and O–H groups in total. The van der Waals surface area contributed by atoms with Crippen LogP contribution in [-0.4, -0.2) is 13.1 Å². The Morgan fingerprint density at radius 3 is 1.83 bits per heavy atom. The molecule has 7 heteroatoms. The molecule has 122 valence electrons. The molecule has 0 aromatic heterocycles. The van der Waals surface area contributed by atoms with Gasteiger partial charge in [0.25, 0.3) is 0 Å². The standard InChI is InChI=1S/C16H14F3NO3/c1-11(21)23-20(14-7-9-15(22-2)10-8-14)13-5-3-12(4-6-13)16(17,18)19/h3-10H,1-2H3. The van der Waals surface area contributed by atoms with Crippen LogP contribution in [0.1, 0.15) is 12.5 Å². The van der Waals surface area contributed by atoms with Crippen LogP contribution in [0.5, 0.6) is 5.75 Å². The highest BCUT2D eigenvalue weighted by molar-refractivity contribution is 5.71. The SMILES string of the molecule is COc1ccc(N(OC(C)=O)c2ccc(C(F)(F)F)cc2)cc1. The minimum absolute atomic E-state index is 0.290. The lowest BCUT2D eigenvalue weighted by Crippen LogP contribution is -2.20. The molecule has 0 radical (unpaired) electrons. The predicted octanol–water partition coefficient (Wildman–Crippen LogP) is 4.33. The molecule has 0 unspecified atom stereocenters. The lowest BCUT2D eigenvalue weighted by Gasteiger charge is -2.23. The summed E-state index contributed by atoms with van der Waals surface area (Å²) in [4.78, 5) is 16.4. The van der Waals surface area contributed by atoms with Gasteiger partial charge >= 0.3 is 12.1 Å². The Morgan fingerprint density at radius 2 is 1.43 bits per heavy atom. The van der Waals surface area contributed by atoms with Crippen LogP contribution in [0.3, 0.4) is 0 Å². The van der Waals surface area contributed by atoms with Gasteiger partial charge in [0, 0.05) is 6.92 Å². The fourth-order valence-corrected chi connectivity index (χ4v) is 1.89. The van der Waals surface area contributed by atoms with E-state index < -0.39 is 17.7 Å². The number of nitrogens with zero attached hydrogens (tertiary/aromatic N) is 1. The Labute approximate surface area is 131 Å². The van der Waals surface area contributed by atoms with E-state index in [2.05, 4.69) is 0 Å². The fourth-order valence-electron chi connectivity index (χ4n) is 1.89. The molecule has 0 fully saturated rings. The van der Waals surface area contributed by atoms with Crippen molar-refractivity contribution in [2.24, 2.45) is 0 Å². The van der Waals surface area contributed by atoms with Crippen molar-refractivity contribution in [3.8, 4) is 5.75 Å². The first kappa shape index (κ1) is 16.7. The Bertz CT molecular complexity index is 666. The van der Waals surface area contributed by atoms with Gasteiger partial charge in [0.15, 0.2) is 0 Å². The van der Waals surface area contributed by atoms with Crippen LogP contribution in [0, 0.1) is 0 Å². The van der Waals surface area contributed by atoms with Crippen molar-refractivity contribution in [1.29, 1.82) is 0 Å². The smallest absolute Gasteiger partial charge is 0.416 e. The molecule has 0 saturated heterocycles. The van der Waals surface area contributed by atoms with E-state index >= 15 is 0 Å². The highest BCUT2D eigenvalue weighted by Crippen LogP contribution is 2.33. The average molecular weight is 325 g/mol. The molecule has 0 bridgehead atoms. The molecular formula is C16H14F3NO3. The van der Waals surface area contributed by atoms with Crippen LogP contribution in [0.25, 0.3) is 0 Å². The van der Waals surface area contributed by atoms with Crippen LogP contribution < -0.4 is 9.80 Å². The van der Waals surface area contributed by atoms with Crippen molar-refractivity contribution in [1.82, 2.24) is 0 Å². The Hall–Kier alpha value is -2.70. The van der Waals surface area contributed by atoms with Gasteiger partial charge in [0.05, 0.1) is 24.0 Å². The molecule has 4 nitrogen and oxygen atoms in total. The zero-order valence-corrected chi connectivity index (χ0v) is 12.4. The summed E-state index contributed by atoms with van der Waals surface area (Å²) < 4.78 is 42.9. The van der Waals surface area contributed by atoms with Crippen molar-refractivity contribution in [2.75, 3.05) is 12.2 Å². The summed E-state index contributed by atoms with van der Waals surface area (Å²) >= 11 is 0. The van der Waals surface area contributed by atoms with E-state index in [-0.39, 0.29) is 0 Å². The van der Waals surface area contributed by atoms with Crippen LogP contribution in [0.4, 0.5) is 24.5 Å². The van der Waals surface area contributed by atoms with Crippen LogP contribution >= 0.6 is 0 Å². The Morgan fingerprint density at radius 1 is 0.957 bits per heavy atom. The van der Waals surface area contributed by atoms with Gasteiger partial charge in [0.2, 0.25) is 0 Å². The first-order chi connectivity index (χ1) is 10.8. The number of alkyl halides is 3. The summed E-state index contributed by atoms with van der Waals surface area (Å²) in [6.45, 7) is 1.21. The molecule has 0 aliphatic carbocycles. The van der Waals surface area contributed by atoms with Crippen molar-refractivity contribution < 1.29 is 27.5 Å². The van der Waals surface area contributed by atoms with Gasteiger partial charge in [-0.25, -0.2) is 4.79 Å². The van der Waals surface area contributed by atoms with Crippen LogP contribution in [0.15, 0.2) is 48.5 Å². The molecule has 0 aliphatic heterocycles. The third kappa shape index (κ3) is 4.15. The molecule has 2 aromatic carbocycles. The van der Waals surface area contributed by atoms with E-state index in [0.29, 0.717) is 17.1 Å². The van der Waals surface area contributed by atoms with E-state index in [1.165, 1.54) is 26.2 Å². The fraction of sp³-hybridized carbons (Fsp3) is 0.188. The summed E-state index contributed by atoms with van der Waals surface area (Å²) in [5.41, 5.74) is -0.0159. The first-order valence-electron chi connectivity index (χ1n) is 6.61. The number of ether oxygens (including phenoxy) is 1. The second-order valence-electron chi connectivity index (χ2n) is 4.62. The summed E-state index contributed by atoms with van der Waals surface area (Å²) in [6.07, 6.45) is -4.43. The third-order valence-electron chi connectivity index (χ3n) is 2.96. The highest BCUT2D eigenvalue weighted by atomic mass is 19.4. The molecule has 0 spiro atoms. The third-order valence-corrected chi connectivity index (χ3v) is 2.96. The van der Waals surface area contributed by atoms with Crippen molar-refractivity contribution >= 4 is 17.3 Å². The van der Waals surface area contributed by atoms with Crippen molar-refractivity contribution in [3.63, 3.8) is 0 Å². The number of carbonyl (C=O) groups is 1. The minimum atomic E-state index is -4.43. The van der Waals surface area contributed by atoms with E-state index in [4.69, 9.17) is 9.57 Å². The first-order valence-corrected chi connectivity index (χ1v) is 6.61. The van der Waals surface area contributed by atoms with E-state index in [0.717, 1.165) is 17.2 Å². The highest BCUT2D eigenvalue weighted by Gasteiger charge is 2.30. The van der Waals surface area contributed by atoms with Gasteiger partial charge in [-0.1, -0.05) is 0 Å². The second-order valence-corrected chi connectivity index (χ2v) is 4.62. The number of benzene rings is 2. The van der Waals surface area contributed by atoms with Gasteiger partial charge < -0.3 is 9.57 Å². The average Bonchev–Trinajstić information content (AvgIpc) is 2.52. The number of halogens is 3. The molecule has 0 saturated carbocycles. The quantitative estimate of drug-likeness (QED) is 0.784.